The molecule has 0 fully saturated rings. The molecule has 0 saturated carbocycles. The van der Waals surface area contributed by atoms with Gasteiger partial charge in [0.15, 0.2) is 0 Å². The third kappa shape index (κ3) is 3.65. The molecule has 2 amide bonds. The minimum atomic E-state index is -4.46. The number of alkyl halides is 3. The van der Waals surface area contributed by atoms with E-state index in [0.717, 1.165) is 27.4 Å². The molecule has 24 heavy (non-hydrogen) atoms. The number of nitrogens with one attached hydrogen (secondary N) is 2. The lowest BCUT2D eigenvalue weighted by molar-refractivity contribution is -0.137. The molecule has 8 heteroatoms. The van der Waals surface area contributed by atoms with Gasteiger partial charge in [0.25, 0.3) is 0 Å². The minimum absolute atomic E-state index is 0.0629. The molecule has 0 bridgehead atoms. The number of amides is 2. The van der Waals surface area contributed by atoms with Crippen LogP contribution in [0.15, 0.2) is 42.5 Å². The van der Waals surface area contributed by atoms with E-state index in [1.165, 1.54) is 12.1 Å². The number of rotatable bonds is 2. The van der Waals surface area contributed by atoms with Gasteiger partial charge in [-0.25, -0.2) is 9.78 Å². The van der Waals surface area contributed by atoms with Crippen molar-refractivity contribution in [2.75, 3.05) is 10.6 Å². The monoisotopic (exact) mass is 351 g/mol. The highest BCUT2D eigenvalue weighted by Crippen LogP contribution is 2.30. The summed E-state index contributed by atoms with van der Waals surface area (Å²) in [5.74, 6) is 0. The summed E-state index contributed by atoms with van der Waals surface area (Å²) in [6.45, 7) is 1.89. The Hall–Kier alpha value is -2.61. The van der Waals surface area contributed by atoms with Crippen LogP contribution in [0.1, 0.15) is 10.6 Å². The largest absolute Gasteiger partial charge is 0.416 e. The third-order valence-electron chi connectivity index (χ3n) is 3.20. The Morgan fingerprint density at radius 2 is 1.79 bits per heavy atom. The van der Waals surface area contributed by atoms with Crippen LogP contribution in [-0.2, 0) is 6.18 Å². The van der Waals surface area contributed by atoms with E-state index >= 15 is 0 Å². The molecule has 0 saturated heterocycles. The fourth-order valence-corrected chi connectivity index (χ4v) is 2.99. The molecule has 0 aliphatic rings. The Kier molecular flexibility index (Phi) is 4.15. The van der Waals surface area contributed by atoms with E-state index in [-0.39, 0.29) is 5.69 Å². The predicted octanol–water partition coefficient (Wildman–Crippen LogP) is 5.27. The van der Waals surface area contributed by atoms with Gasteiger partial charge < -0.3 is 10.6 Å². The van der Waals surface area contributed by atoms with Crippen molar-refractivity contribution in [3.63, 3.8) is 0 Å². The number of carbonyl (C=O) groups excluding carboxylic acids is 1. The number of benzene rings is 2. The van der Waals surface area contributed by atoms with E-state index in [1.807, 2.05) is 13.0 Å². The Labute approximate surface area is 139 Å². The van der Waals surface area contributed by atoms with Crippen molar-refractivity contribution in [2.24, 2.45) is 0 Å². The number of anilines is 2. The first kappa shape index (κ1) is 16.3. The van der Waals surface area contributed by atoms with E-state index in [2.05, 4.69) is 15.6 Å². The molecule has 3 aromatic rings. The van der Waals surface area contributed by atoms with Crippen molar-refractivity contribution < 1.29 is 18.0 Å². The van der Waals surface area contributed by atoms with Gasteiger partial charge in [0.1, 0.15) is 0 Å². The number of carbonyl (C=O) groups is 1. The van der Waals surface area contributed by atoms with Gasteiger partial charge in [-0.3, -0.25) is 0 Å². The molecular weight excluding hydrogens is 339 g/mol. The first-order chi connectivity index (χ1) is 11.3. The van der Waals surface area contributed by atoms with Gasteiger partial charge >= 0.3 is 12.2 Å². The Morgan fingerprint density at radius 3 is 2.50 bits per heavy atom. The van der Waals surface area contributed by atoms with E-state index in [9.17, 15) is 18.0 Å². The maximum Gasteiger partial charge on any atom is 0.416 e. The van der Waals surface area contributed by atoms with Gasteiger partial charge in [-0.05, 0) is 43.3 Å². The summed E-state index contributed by atoms with van der Waals surface area (Å²) in [7, 11) is 0. The number of hydrogen-bond acceptors (Lipinski definition) is 3. The third-order valence-corrected chi connectivity index (χ3v) is 4.15. The summed E-state index contributed by atoms with van der Waals surface area (Å²) < 4.78 is 39.0. The quantitative estimate of drug-likeness (QED) is 0.661. The Bertz CT molecular complexity index is 905. The lowest BCUT2D eigenvalue weighted by Crippen LogP contribution is -2.19. The van der Waals surface area contributed by atoms with Crippen LogP contribution < -0.4 is 10.6 Å². The zero-order valence-electron chi connectivity index (χ0n) is 12.4. The fraction of sp³-hybridized carbons (Fsp3) is 0.125. The van der Waals surface area contributed by atoms with Crippen LogP contribution >= 0.6 is 11.3 Å². The van der Waals surface area contributed by atoms with Crippen LogP contribution in [0.4, 0.5) is 29.3 Å². The molecular formula is C16H12F3N3OS. The van der Waals surface area contributed by atoms with Crippen molar-refractivity contribution in [3.8, 4) is 0 Å². The summed E-state index contributed by atoms with van der Waals surface area (Å²) in [5, 5.41) is 5.88. The second-order valence-corrected chi connectivity index (χ2v) is 6.31. The van der Waals surface area contributed by atoms with Crippen molar-refractivity contribution in [3.05, 3.63) is 53.0 Å². The van der Waals surface area contributed by atoms with Gasteiger partial charge in [0, 0.05) is 11.4 Å². The van der Waals surface area contributed by atoms with Gasteiger partial charge in [0.05, 0.1) is 20.8 Å². The highest BCUT2D eigenvalue weighted by molar-refractivity contribution is 7.18. The number of thiazole rings is 1. The van der Waals surface area contributed by atoms with Crippen molar-refractivity contribution >= 4 is 39.0 Å². The maximum absolute atomic E-state index is 12.7. The molecule has 0 aliphatic carbocycles. The van der Waals surface area contributed by atoms with Crippen LogP contribution in [-0.4, -0.2) is 11.0 Å². The predicted molar refractivity (Wildman–Crippen MR) is 88.4 cm³/mol. The van der Waals surface area contributed by atoms with E-state index < -0.39 is 17.8 Å². The lowest BCUT2D eigenvalue weighted by atomic mass is 10.2. The first-order valence-electron chi connectivity index (χ1n) is 6.94. The minimum Gasteiger partial charge on any atom is -0.308 e. The SMILES string of the molecule is Cc1nc2cc(NC(=O)Nc3cccc(C(F)(F)F)c3)ccc2s1. The summed E-state index contributed by atoms with van der Waals surface area (Å²) >= 11 is 1.54. The maximum atomic E-state index is 12.7. The van der Waals surface area contributed by atoms with Crippen LogP contribution in [0.2, 0.25) is 0 Å². The molecule has 0 atom stereocenters. The molecule has 0 aliphatic heterocycles. The van der Waals surface area contributed by atoms with Crippen LogP contribution in [0.3, 0.4) is 0 Å². The smallest absolute Gasteiger partial charge is 0.308 e. The van der Waals surface area contributed by atoms with Crippen LogP contribution in [0.25, 0.3) is 10.2 Å². The zero-order chi connectivity index (χ0) is 17.3. The molecule has 2 N–H and O–H groups in total. The normalized spacial score (nSPS) is 11.5. The summed E-state index contributed by atoms with van der Waals surface area (Å²) in [6.07, 6.45) is -4.46. The number of aryl methyl sites for hydroxylation is 1. The number of aromatic nitrogens is 1. The lowest BCUT2D eigenvalue weighted by Gasteiger charge is -2.10. The number of fused-ring (bicyclic) bond motifs is 1. The molecule has 0 unspecified atom stereocenters. The topological polar surface area (TPSA) is 54.0 Å². The molecule has 0 spiro atoms. The molecule has 2 aromatic carbocycles. The van der Waals surface area contributed by atoms with Gasteiger partial charge in [-0.2, -0.15) is 13.2 Å². The fourth-order valence-electron chi connectivity index (χ4n) is 2.19. The average Bonchev–Trinajstić information content (AvgIpc) is 2.86. The summed E-state index contributed by atoms with van der Waals surface area (Å²) in [4.78, 5) is 16.3. The van der Waals surface area contributed by atoms with E-state index in [0.29, 0.717) is 5.69 Å². The van der Waals surface area contributed by atoms with E-state index in [1.54, 1.807) is 23.5 Å². The Balaban J connectivity index is 1.72. The number of urea groups is 1. The Morgan fingerprint density at radius 1 is 1.08 bits per heavy atom. The molecule has 3 rings (SSSR count). The van der Waals surface area contributed by atoms with Gasteiger partial charge in [-0.15, -0.1) is 11.3 Å². The average molecular weight is 351 g/mol. The number of halogens is 3. The van der Waals surface area contributed by atoms with Crippen molar-refractivity contribution in [1.29, 1.82) is 0 Å². The number of hydrogen-bond donors (Lipinski definition) is 2. The number of nitrogens with zero attached hydrogens (tertiary/aromatic N) is 1. The second-order valence-electron chi connectivity index (χ2n) is 5.07. The van der Waals surface area contributed by atoms with Crippen LogP contribution in [0, 0.1) is 6.92 Å². The molecule has 1 heterocycles. The van der Waals surface area contributed by atoms with Crippen LogP contribution in [0.5, 0.6) is 0 Å². The summed E-state index contributed by atoms with van der Waals surface area (Å²) in [5.41, 5.74) is 0.513. The van der Waals surface area contributed by atoms with Crippen molar-refractivity contribution in [1.82, 2.24) is 4.98 Å². The molecule has 124 valence electrons. The summed E-state index contributed by atoms with van der Waals surface area (Å²) in [6, 6.07) is 9.09. The highest BCUT2D eigenvalue weighted by Gasteiger charge is 2.30. The van der Waals surface area contributed by atoms with Crippen molar-refractivity contribution in [2.45, 2.75) is 13.1 Å². The standard InChI is InChI=1S/C16H12F3N3OS/c1-9-20-13-8-12(5-6-14(13)24-9)22-15(23)21-11-4-2-3-10(7-11)16(17,18)19/h2-8H,1H3,(H2,21,22,23). The van der Waals surface area contributed by atoms with Gasteiger partial charge in [0.2, 0.25) is 0 Å². The second kappa shape index (κ2) is 6.12. The highest BCUT2D eigenvalue weighted by atomic mass is 32.1. The van der Waals surface area contributed by atoms with Gasteiger partial charge in [-0.1, -0.05) is 6.07 Å². The molecule has 0 radical (unpaired) electrons. The molecule has 1 aromatic heterocycles. The van der Waals surface area contributed by atoms with E-state index in [4.69, 9.17) is 0 Å². The zero-order valence-corrected chi connectivity index (χ0v) is 13.3. The molecule has 4 nitrogen and oxygen atoms in total. The first-order valence-corrected chi connectivity index (χ1v) is 7.75.